The van der Waals surface area contributed by atoms with Gasteiger partial charge in [0, 0.05) is 30.4 Å². The Morgan fingerprint density at radius 3 is 2.42 bits per heavy atom. The third-order valence-electron chi connectivity index (χ3n) is 4.58. The molecule has 0 aliphatic rings. The van der Waals surface area contributed by atoms with Gasteiger partial charge in [-0.1, -0.05) is 43.7 Å². The summed E-state index contributed by atoms with van der Waals surface area (Å²) in [7, 11) is 4.16. The zero-order valence-electron chi connectivity index (χ0n) is 16.7. The highest BCUT2D eigenvalue weighted by molar-refractivity contribution is 5.81. The summed E-state index contributed by atoms with van der Waals surface area (Å²) < 4.78 is 1.95. The highest BCUT2D eigenvalue weighted by atomic mass is 15.3. The first-order valence-corrected chi connectivity index (χ1v) is 9.22. The normalized spacial score (nSPS) is 11.7. The van der Waals surface area contributed by atoms with Crippen LogP contribution in [0.15, 0.2) is 30.3 Å². The number of hydrogen-bond acceptors (Lipinski definition) is 4. The average Bonchev–Trinajstić information content (AvgIpc) is 2.91. The van der Waals surface area contributed by atoms with E-state index in [2.05, 4.69) is 82.3 Å². The minimum absolute atomic E-state index is 0.357. The monoisotopic (exact) mass is 351 g/mol. The largest absolute Gasteiger partial charge is 0.369 e. The van der Waals surface area contributed by atoms with E-state index in [0.29, 0.717) is 5.92 Å². The van der Waals surface area contributed by atoms with Crippen LogP contribution in [0.25, 0.3) is 16.8 Å². The maximum atomic E-state index is 4.95. The highest BCUT2D eigenvalue weighted by Gasteiger charge is 2.17. The van der Waals surface area contributed by atoms with Crippen molar-refractivity contribution in [1.29, 1.82) is 0 Å². The van der Waals surface area contributed by atoms with Crippen LogP contribution in [-0.4, -0.2) is 46.7 Å². The molecule has 0 aliphatic carbocycles. The number of likely N-dealkylation sites (N-methyl/N-ethyl adjacent to an activating group) is 1. The van der Waals surface area contributed by atoms with E-state index in [1.165, 1.54) is 5.56 Å². The average molecular weight is 351 g/mol. The fourth-order valence-corrected chi connectivity index (χ4v) is 3.03. The lowest BCUT2D eigenvalue weighted by Crippen LogP contribution is -2.22. The van der Waals surface area contributed by atoms with E-state index in [1.807, 2.05) is 4.52 Å². The topological polar surface area (TPSA) is 45.5 Å². The van der Waals surface area contributed by atoms with Gasteiger partial charge in [-0.25, -0.2) is 4.98 Å². The van der Waals surface area contributed by atoms with Crippen LogP contribution in [0.1, 0.15) is 36.7 Å². The van der Waals surface area contributed by atoms with Gasteiger partial charge in [0.15, 0.2) is 5.65 Å². The molecule has 3 aromatic rings. The maximum absolute atomic E-state index is 4.95. The van der Waals surface area contributed by atoms with Crippen LogP contribution in [0.3, 0.4) is 0 Å². The SMILES string of the molecule is Cc1ccc(-c2c(C)nn3c(NCCN(C)C)cc(C(C)C)nc23)cc1. The van der Waals surface area contributed by atoms with Gasteiger partial charge in [-0.3, -0.25) is 0 Å². The summed E-state index contributed by atoms with van der Waals surface area (Å²) in [5, 5.41) is 8.32. The van der Waals surface area contributed by atoms with Crippen LogP contribution in [0.4, 0.5) is 5.82 Å². The van der Waals surface area contributed by atoms with Gasteiger partial charge in [-0.15, -0.1) is 0 Å². The predicted molar refractivity (Wildman–Crippen MR) is 109 cm³/mol. The second kappa shape index (κ2) is 7.46. The molecule has 0 atom stereocenters. The van der Waals surface area contributed by atoms with Crippen molar-refractivity contribution in [2.45, 2.75) is 33.6 Å². The Hall–Kier alpha value is -2.40. The number of nitrogens with one attached hydrogen (secondary N) is 1. The molecule has 0 amide bonds. The summed E-state index contributed by atoms with van der Waals surface area (Å²) in [6.45, 7) is 10.3. The maximum Gasteiger partial charge on any atom is 0.165 e. The fourth-order valence-electron chi connectivity index (χ4n) is 3.03. The van der Waals surface area contributed by atoms with Crippen LogP contribution in [0, 0.1) is 13.8 Å². The zero-order valence-corrected chi connectivity index (χ0v) is 16.7. The summed E-state index contributed by atoms with van der Waals surface area (Å²) in [5.74, 6) is 1.36. The Bertz CT molecular complexity index is 891. The molecule has 0 radical (unpaired) electrons. The molecule has 138 valence electrons. The van der Waals surface area contributed by atoms with Gasteiger partial charge in [0.05, 0.1) is 5.69 Å². The number of aryl methyl sites for hydroxylation is 2. The van der Waals surface area contributed by atoms with E-state index in [-0.39, 0.29) is 0 Å². The van der Waals surface area contributed by atoms with E-state index in [4.69, 9.17) is 10.1 Å². The summed E-state index contributed by atoms with van der Waals surface area (Å²) >= 11 is 0. The molecule has 0 saturated heterocycles. The molecule has 0 fully saturated rings. The fraction of sp³-hybridized carbons (Fsp3) is 0.429. The second-order valence-electron chi connectivity index (χ2n) is 7.51. The van der Waals surface area contributed by atoms with Crippen molar-refractivity contribution in [3.8, 4) is 11.1 Å². The number of benzene rings is 1. The second-order valence-corrected chi connectivity index (χ2v) is 7.51. The quantitative estimate of drug-likeness (QED) is 0.726. The van der Waals surface area contributed by atoms with Crippen molar-refractivity contribution in [2.24, 2.45) is 0 Å². The summed E-state index contributed by atoms with van der Waals surface area (Å²) in [6.07, 6.45) is 0. The van der Waals surface area contributed by atoms with Gasteiger partial charge in [0.2, 0.25) is 0 Å². The minimum atomic E-state index is 0.357. The number of anilines is 1. The molecule has 2 heterocycles. The molecule has 5 heteroatoms. The van der Waals surface area contributed by atoms with Crippen LogP contribution in [0.2, 0.25) is 0 Å². The van der Waals surface area contributed by atoms with Crippen molar-refractivity contribution in [1.82, 2.24) is 19.5 Å². The molecule has 5 nitrogen and oxygen atoms in total. The Morgan fingerprint density at radius 1 is 1.12 bits per heavy atom. The van der Waals surface area contributed by atoms with Gasteiger partial charge in [-0.2, -0.15) is 9.61 Å². The molecular weight excluding hydrogens is 322 g/mol. The minimum Gasteiger partial charge on any atom is -0.369 e. The summed E-state index contributed by atoms with van der Waals surface area (Å²) in [4.78, 5) is 7.12. The third-order valence-corrected chi connectivity index (χ3v) is 4.58. The Kier molecular flexibility index (Phi) is 5.28. The lowest BCUT2D eigenvalue weighted by atomic mass is 10.0. The lowest BCUT2D eigenvalue weighted by Gasteiger charge is -2.14. The lowest BCUT2D eigenvalue weighted by molar-refractivity contribution is 0.425. The first-order chi connectivity index (χ1) is 12.4. The first-order valence-electron chi connectivity index (χ1n) is 9.22. The van der Waals surface area contributed by atoms with Gasteiger partial charge in [0.1, 0.15) is 5.82 Å². The van der Waals surface area contributed by atoms with Crippen molar-refractivity contribution in [2.75, 3.05) is 32.5 Å². The number of aromatic nitrogens is 3. The van der Waals surface area contributed by atoms with Crippen LogP contribution < -0.4 is 5.32 Å². The molecule has 1 aromatic carbocycles. The van der Waals surface area contributed by atoms with E-state index >= 15 is 0 Å². The number of hydrogen-bond donors (Lipinski definition) is 1. The molecule has 0 unspecified atom stereocenters. The van der Waals surface area contributed by atoms with Crippen LogP contribution in [0.5, 0.6) is 0 Å². The van der Waals surface area contributed by atoms with E-state index < -0.39 is 0 Å². The summed E-state index contributed by atoms with van der Waals surface area (Å²) in [6, 6.07) is 10.7. The van der Waals surface area contributed by atoms with Crippen molar-refractivity contribution in [3.05, 3.63) is 47.3 Å². The molecular formula is C21H29N5. The molecule has 26 heavy (non-hydrogen) atoms. The predicted octanol–water partition coefficient (Wildman–Crippen LogP) is 4.11. The number of rotatable bonds is 6. The van der Waals surface area contributed by atoms with E-state index in [1.54, 1.807) is 0 Å². The molecule has 0 bridgehead atoms. The number of nitrogens with zero attached hydrogens (tertiary/aromatic N) is 4. The third kappa shape index (κ3) is 3.73. The van der Waals surface area contributed by atoms with Gasteiger partial charge in [-0.05, 0) is 39.4 Å². The van der Waals surface area contributed by atoms with Crippen molar-refractivity contribution < 1.29 is 0 Å². The Labute approximate surface area is 156 Å². The Morgan fingerprint density at radius 2 is 1.81 bits per heavy atom. The Balaban J connectivity index is 2.13. The molecule has 1 N–H and O–H groups in total. The molecule has 3 rings (SSSR count). The van der Waals surface area contributed by atoms with Crippen LogP contribution in [-0.2, 0) is 0 Å². The first kappa shape index (κ1) is 18.4. The smallest absolute Gasteiger partial charge is 0.165 e. The van der Waals surface area contributed by atoms with Crippen molar-refractivity contribution in [3.63, 3.8) is 0 Å². The highest BCUT2D eigenvalue weighted by Crippen LogP contribution is 2.30. The van der Waals surface area contributed by atoms with Gasteiger partial charge in [0.25, 0.3) is 0 Å². The number of fused-ring (bicyclic) bond motifs is 1. The molecule has 0 aliphatic heterocycles. The van der Waals surface area contributed by atoms with Crippen LogP contribution >= 0.6 is 0 Å². The van der Waals surface area contributed by atoms with Crippen molar-refractivity contribution >= 4 is 11.5 Å². The van der Waals surface area contributed by atoms with Gasteiger partial charge >= 0.3 is 0 Å². The standard InChI is InChI=1S/C21H29N5/c1-14(2)18-13-19(22-11-12-25(5)6)26-21(23-18)20(16(4)24-26)17-9-7-15(3)8-10-17/h7-10,13-14,22H,11-12H2,1-6H3. The summed E-state index contributed by atoms with van der Waals surface area (Å²) in [5.41, 5.74) is 6.53. The molecule has 0 spiro atoms. The molecule has 2 aromatic heterocycles. The zero-order chi connectivity index (χ0) is 18.8. The van der Waals surface area contributed by atoms with E-state index in [9.17, 15) is 0 Å². The molecule has 0 saturated carbocycles. The van der Waals surface area contributed by atoms with Gasteiger partial charge < -0.3 is 10.2 Å². The van der Waals surface area contributed by atoms with E-state index in [0.717, 1.165) is 47.1 Å².